The van der Waals surface area contributed by atoms with E-state index in [-0.39, 0.29) is 6.03 Å². The van der Waals surface area contributed by atoms with Crippen LogP contribution in [0.25, 0.3) is 0 Å². The highest BCUT2D eigenvalue weighted by Gasteiger charge is 2.26. The van der Waals surface area contributed by atoms with E-state index >= 15 is 0 Å². The van der Waals surface area contributed by atoms with Crippen LogP contribution < -0.4 is 0 Å². The van der Waals surface area contributed by atoms with Crippen molar-refractivity contribution in [3.63, 3.8) is 0 Å². The Kier molecular flexibility index (Phi) is 5.45. The fraction of sp³-hybridized carbons (Fsp3) is 0.800. The van der Waals surface area contributed by atoms with Gasteiger partial charge >= 0.3 is 6.03 Å². The Morgan fingerprint density at radius 3 is 2.48 bits per heavy atom. The number of amides is 2. The van der Waals surface area contributed by atoms with Crippen molar-refractivity contribution >= 4 is 6.03 Å². The minimum Gasteiger partial charge on any atom is -0.378 e. The van der Waals surface area contributed by atoms with Crippen LogP contribution in [0.4, 0.5) is 4.79 Å². The van der Waals surface area contributed by atoms with E-state index in [1.54, 1.807) is 0 Å². The molecule has 0 radical (unpaired) electrons. The van der Waals surface area contributed by atoms with E-state index in [1.807, 2.05) is 9.80 Å². The SMILES string of the molecule is CCCc1noc(CN2CCN(C(=O)N3CCOCC3)CC2)n1. The number of hydrogen-bond donors (Lipinski definition) is 0. The normalized spacial score (nSPS) is 20.0. The second-order valence-corrected chi connectivity index (χ2v) is 6.00. The molecular weight excluding hydrogens is 298 g/mol. The van der Waals surface area contributed by atoms with Crippen LogP contribution in [0.1, 0.15) is 25.1 Å². The van der Waals surface area contributed by atoms with Crippen molar-refractivity contribution in [1.29, 1.82) is 0 Å². The van der Waals surface area contributed by atoms with Crippen LogP contribution in [-0.4, -0.2) is 83.4 Å². The number of rotatable bonds is 4. The molecule has 3 rings (SSSR count). The smallest absolute Gasteiger partial charge is 0.320 e. The molecule has 0 unspecified atom stereocenters. The maximum Gasteiger partial charge on any atom is 0.320 e. The highest BCUT2D eigenvalue weighted by Crippen LogP contribution is 2.11. The molecule has 0 spiro atoms. The van der Waals surface area contributed by atoms with Crippen LogP contribution in [0.2, 0.25) is 0 Å². The molecule has 0 aliphatic carbocycles. The van der Waals surface area contributed by atoms with Crippen molar-refractivity contribution in [3.05, 3.63) is 11.7 Å². The number of ether oxygens (including phenoxy) is 1. The lowest BCUT2D eigenvalue weighted by Gasteiger charge is -2.38. The van der Waals surface area contributed by atoms with E-state index in [4.69, 9.17) is 9.26 Å². The van der Waals surface area contributed by atoms with E-state index in [9.17, 15) is 4.79 Å². The molecule has 8 nitrogen and oxygen atoms in total. The lowest BCUT2D eigenvalue weighted by atomic mass is 10.3. The van der Waals surface area contributed by atoms with Crippen LogP contribution in [0.3, 0.4) is 0 Å². The van der Waals surface area contributed by atoms with Gasteiger partial charge in [0.25, 0.3) is 0 Å². The lowest BCUT2D eigenvalue weighted by Crippen LogP contribution is -2.54. The zero-order valence-electron chi connectivity index (χ0n) is 13.7. The molecule has 2 aliphatic rings. The lowest BCUT2D eigenvalue weighted by molar-refractivity contribution is 0.0367. The van der Waals surface area contributed by atoms with Gasteiger partial charge in [-0.15, -0.1) is 0 Å². The summed E-state index contributed by atoms with van der Waals surface area (Å²) in [6.45, 7) is 8.59. The molecule has 23 heavy (non-hydrogen) atoms. The molecule has 0 aromatic carbocycles. The number of urea groups is 1. The number of nitrogens with zero attached hydrogens (tertiary/aromatic N) is 5. The zero-order valence-corrected chi connectivity index (χ0v) is 13.7. The Balaban J connectivity index is 1.45. The van der Waals surface area contributed by atoms with Crippen molar-refractivity contribution in [1.82, 2.24) is 24.8 Å². The quantitative estimate of drug-likeness (QED) is 0.807. The van der Waals surface area contributed by atoms with Crippen molar-refractivity contribution in [2.24, 2.45) is 0 Å². The highest BCUT2D eigenvalue weighted by atomic mass is 16.5. The van der Waals surface area contributed by atoms with Gasteiger partial charge in [0.1, 0.15) is 0 Å². The first-order valence-corrected chi connectivity index (χ1v) is 8.41. The summed E-state index contributed by atoms with van der Waals surface area (Å²) in [6.07, 6.45) is 1.87. The Bertz CT molecular complexity index is 507. The Morgan fingerprint density at radius 2 is 1.78 bits per heavy atom. The topological polar surface area (TPSA) is 74.9 Å². The van der Waals surface area contributed by atoms with E-state index < -0.39 is 0 Å². The molecule has 2 saturated heterocycles. The van der Waals surface area contributed by atoms with Gasteiger partial charge in [-0.2, -0.15) is 4.98 Å². The van der Waals surface area contributed by atoms with E-state index in [1.165, 1.54) is 0 Å². The molecule has 0 bridgehead atoms. The molecule has 2 fully saturated rings. The third-order valence-electron chi connectivity index (χ3n) is 4.27. The summed E-state index contributed by atoms with van der Waals surface area (Å²) in [4.78, 5) is 22.9. The van der Waals surface area contributed by atoms with Crippen LogP contribution in [0.5, 0.6) is 0 Å². The number of piperazine rings is 1. The zero-order chi connectivity index (χ0) is 16.1. The number of morpholine rings is 1. The summed E-state index contributed by atoms with van der Waals surface area (Å²) < 4.78 is 10.6. The summed E-state index contributed by atoms with van der Waals surface area (Å²) in [5, 5.41) is 3.98. The molecule has 0 saturated carbocycles. The first-order valence-electron chi connectivity index (χ1n) is 8.41. The first-order chi connectivity index (χ1) is 11.3. The molecule has 1 aromatic heterocycles. The summed E-state index contributed by atoms with van der Waals surface area (Å²) >= 11 is 0. The van der Waals surface area contributed by atoms with Gasteiger partial charge in [0.15, 0.2) is 5.82 Å². The van der Waals surface area contributed by atoms with Crippen molar-refractivity contribution < 1.29 is 14.1 Å². The third kappa shape index (κ3) is 4.20. The van der Waals surface area contributed by atoms with Crippen LogP contribution >= 0.6 is 0 Å². The number of carbonyl (C=O) groups excluding carboxylic acids is 1. The van der Waals surface area contributed by atoms with Gasteiger partial charge < -0.3 is 19.1 Å². The van der Waals surface area contributed by atoms with Gasteiger partial charge in [-0.05, 0) is 6.42 Å². The van der Waals surface area contributed by atoms with E-state index in [0.717, 1.165) is 44.8 Å². The van der Waals surface area contributed by atoms with Crippen molar-refractivity contribution in [3.8, 4) is 0 Å². The largest absolute Gasteiger partial charge is 0.378 e. The van der Waals surface area contributed by atoms with Gasteiger partial charge in [0, 0.05) is 45.7 Å². The second-order valence-electron chi connectivity index (χ2n) is 6.00. The Labute approximate surface area is 136 Å². The Morgan fingerprint density at radius 1 is 1.09 bits per heavy atom. The summed E-state index contributed by atoms with van der Waals surface area (Å²) in [5.41, 5.74) is 0. The second kappa shape index (κ2) is 7.74. The number of aromatic nitrogens is 2. The highest BCUT2D eigenvalue weighted by molar-refractivity contribution is 5.74. The van der Waals surface area contributed by atoms with Crippen molar-refractivity contribution in [2.45, 2.75) is 26.3 Å². The minimum atomic E-state index is 0.135. The predicted molar refractivity (Wildman–Crippen MR) is 82.9 cm³/mol. The molecule has 1 aromatic rings. The van der Waals surface area contributed by atoms with Crippen LogP contribution in [-0.2, 0) is 17.7 Å². The fourth-order valence-corrected chi connectivity index (χ4v) is 2.92. The number of aryl methyl sites for hydroxylation is 1. The molecule has 3 heterocycles. The predicted octanol–water partition coefficient (Wildman–Crippen LogP) is 0.592. The molecule has 128 valence electrons. The van der Waals surface area contributed by atoms with E-state index in [2.05, 4.69) is 22.0 Å². The number of hydrogen-bond acceptors (Lipinski definition) is 6. The first kappa shape index (κ1) is 16.2. The van der Waals surface area contributed by atoms with E-state index in [0.29, 0.717) is 38.7 Å². The molecule has 2 amide bonds. The monoisotopic (exact) mass is 323 g/mol. The Hall–Kier alpha value is -1.67. The van der Waals surface area contributed by atoms with Gasteiger partial charge in [-0.25, -0.2) is 4.79 Å². The van der Waals surface area contributed by atoms with Gasteiger partial charge in [0.2, 0.25) is 5.89 Å². The standard InChI is InChI=1S/C15H25N5O3/c1-2-3-13-16-14(23-17-13)12-18-4-6-19(7-5-18)15(21)20-8-10-22-11-9-20/h2-12H2,1H3. The molecule has 8 heteroatoms. The van der Waals surface area contributed by atoms with Gasteiger partial charge in [-0.1, -0.05) is 12.1 Å². The van der Waals surface area contributed by atoms with Gasteiger partial charge in [-0.3, -0.25) is 4.90 Å². The fourth-order valence-electron chi connectivity index (χ4n) is 2.92. The summed E-state index contributed by atoms with van der Waals surface area (Å²) in [5.74, 6) is 1.45. The average molecular weight is 323 g/mol. The maximum atomic E-state index is 12.4. The third-order valence-corrected chi connectivity index (χ3v) is 4.27. The number of carbonyl (C=O) groups is 1. The molecule has 0 N–H and O–H groups in total. The van der Waals surface area contributed by atoms with Crippen LogP contribution in [0, 0.1) is 0 Å². The average Bonchev–Trinajstić information content (AvgIpc) is 3.03. The summed E-state index contributed by atoms with van der Waals surface area (Å²) in [6, 6.07) is 0.135. The molecular formula is C15H25N5O3. The van der Waals surface area contributed by atoms with Crippen LogP contribution in [0.15, 0.2) is 4.52 Å². The molecule has 0 atom stereocenters. The van der Waals surface area contributed by atoms with Crippen molar-refractivity contribution in [2.75, 3.05) is 52.5 Å². The van der Waals surface area contributed by atoms with Gasteiger partial charge in [0.05, 0.1) is 19.8 Å². The summed E-state index contributed by atoms with van der Waals surface area (Å²) in [7, 11) is 0. The maximum absolute atomic E-state index is 12.4. The molecule has 2 aliphatic heterocycles. The minimum absolute atomic E-state index is 0.135.